The van der Waals surface area contributed by atoms with Crippen molar-refractivity contribution in [2.45, 2.75) is 38.3 Å². The van der Waals surface area contributed by atoms with E-state index in [9.17, 15) is 19.2 Å². The third kappa shape index (κ3) is 7.56. The first-order valence-electron chi connectivity index (χ1n) is 11.7. The van der Waals surface area contributed by atoms with Gasteiger partial charge in [-0.3, -0.25) is 19.2 Å². The molecule has 0 aromatic heterocycles. The number of nitrogens with one attached hydrogen (secondary N) is 3. The van der Waals surface area contributed by atoms with Gasteiger partial charge in [-0.15, -0.1) is 0 Å². The Balaban J connectivity index is 1.72. The fraction of sp³-hybridized carbons (Fsp3) is 0.385. The lowest BCUT2D eigenvalue weighted by Crippen LogP contribution is -2.52. The summed E-state index contributed by atoms with van der Waals surface area (Å²) in [6.07, 6.45) is 1.19. The Hall–Kier alpha value is -3.88. The lowest BCUT2D eigenvalue weighted by molar-refractivity contribution is -0.135. The number of hydrogen-bond donors (Lipinski definition) is 3. The number of fused-ring (bicyclic) bond motifs is 1. The number of aryl methyl sites for hydroxylation is 1. The van der Waals surface area contributed by atoms with Crippen molar-refractivity contribution in [3.05, 3.63) is 65.7 Å². The zero-order valence-corrected chi connectivity index (χ0v) is 20.1. The summed E-state index contributed by atoms with van der Waals surface area (Å²) in [5.41, 5.74) is 1.40. The molecule has 1 aliphatic heterocycles. The molecule has 0 fully saturated rings. The van der Waals surface area contributed by atoms with Gasteiger partial charge in [-0.1, -0.05) is 42.5 Å². The van der Waals surface area contributed by atoms with E-state index >= 15 is 0 Å². The Morgan fingerprint density at radius 1 is 1.06 bits per heavy atom. The van der Waals surface area contributed by atoms with Crippen molar-refractivity contribution in [2.75, 3.05) is 26.7 Å². The van der Waals surface area contributed by atoms with E-state index < -0.39 is 29.8 Å². The lowest BCUT2D eigenvalue weighted by atomic mass is 10.1. The highest BCUT2D eigenvalue weighted by Gasteiger charge is 2.28. The summed E-state index contributed by atoms with van der Waals surface area (Å²) in [6, 6.07) is 14.7. The molecule has 0 spiro atoms. The minimum atomic E-state index is -1.12. The molecule has 4 amide bonds. The van der Waals surface area contributed by atoms with E-state index in [1.54, 1.807) is 38.2 Å². The van der Waals surface area contributed by atoms with Gasteiger partial charge in [-0.25, -0.2) is 0 Å². The molecule has 186 valence electrons. The van der Waals surface area contributed by atoms with Crippen LogP contribution in [0.2, 0.25) is 0 Å². The second-order valence-corrected chi connectivity index (χ2v) is 8.50. The lowest BCUT2D eigenvalue weighted by Gasteiger charge is -2.25. The average molecular weight is 481 g/mol. The summed E-state index contributed by atoms with van der Waals surface area (Å²) in [4.78, 5) is 52.6. The zero-order valence-electron chi connectivity index (χ0n) is 20.1. The second-order valence-electron chi connectivity index (χ2n) is 8.50. The molecule has 1 heterocycles. The predicted molar refractivity (Wildman–Crippen MR) is 131 cm³/mol. The summed E-state index contributed by atoms with van der Waals surface area (Å²) in [5, 5.41) is 8.09. The number of benzene rings is 2. The minimum Gasteiger partial charge on any atom is -0.491 e. The molecule has 9 heteroatoms. The van der Waals surface area contributed by atoms with Gasteiger partial charge in [-0.05, 0) is 37.5 Å². The van der Waals surface area contributed by atoms with Gasteiger partial charge in [0.05, 0.1) is 18.5 Å². The van der Waals surface area contributed by atoms with Crippen LogP contribution in [0.15, 0.2) is 54.6 Å². The van der Waals surface area contributed by atoms with Crippen LogP contribution in [0.1, 0.15) is 35.7 Å². The summed E-state index contributed by atoms with van der Waals surface area (Å²) < 4.78 is 5.75. The Morgan fingerprint density at radius 3 is 2.54 bits per heavy atom. The van der Waals surface area contributed by atoms with Crippen molar-refractivity contribution in [2.24, 2.45) is 0 Å². The largest absolute Gasteiger partial charge is 0.491 e. The van der Waals surface area contributed by atoms with Crippen LogP contribution in [0, 0.1) is 0 Å². The van der Waals surface area contributed by atoms with Gasteiger partial charge >= 0.3 is 0 Å². The van der Waals surface area contributed by atoms with Crippen LogP contribution < -0.4 is 20.7 Å². The van der Waals surface area contributed by atoms with Crippen LogP contribution in [0.3, 0.4) is 0 Å². The summed E-state index contributed by atoms with van der Waals surface area (Å²) in [7, 11) is 1.62. The molecule has 2 aromatic carbocycles. The maximum absolute atomic E-state index is 13.0. The monoisotopic (exact) mass is 480 g/mol. The third-order valence-corrected chi connectivity index (χ3v) is 5.74. The van der Waals surface area contributed by atoms with Crippen molar-refractivity contribution in [3.8, 4) is 5.75 Å². The van der Waals surface area contributed by atoms with E-state index in [2.05, 4.69) is 16.0 Å². The Kier molecular flexibility index (Phi) is 9.23. The summed E-state index contributed by atoms with van der Waals surface area (Å²) in [6.45, 7) is 2.42. The molecule has 0 saturated carbocycles. The molecule has 3 N–H and O–H groups in total. The van der Waals surface area contributed by atoms with Crippen LogP contribution in [0.25, 0.3) is 0 Å². The van der Waals surface area contributed by atoms with Crippen LogP contribution >= 0.6 is 0 Å². The number of nitrogens with zero attached hydrogens (tertiary/aromatic N) is 1. The van der Waals surface area contributed by atoms with Crippen LogP contribution in [-0.4, -0.2) is 67.4 Å². The van der Waals surface area contributed by atoms with Gasteiger partial charge in [0.15, 0.2) is 0 Å². The highest BCUT2D eigenvalue weighted by molar-refractivity contribution is 6.01. The Morgan fingerprint density at radius 2 is 1.77 bits per heavy atom. The Bertz CT molecular complexity index is 1040. The van der Waals surface area contributed by atoms with E-state index in [0.717, 1.165) is 12.0 Å². The number of amides is 4. The molecule has 0 radical (unpaired) electrons. The molecule has 0 unspecified atom stereocenters. The van der Waals surface area contributed by atoms with E-state index in [4.69, 9.17) is 4.74 Å². The van der Waals surface area contributed by atoms with Gasteiger partial charge in [0, 0.05) is 13.6 Å². The topological polar surface area (TPSA) is 117 Å². The minimum absolute atomic E-state index is 0.165. The summed E-state index contributed by atoms with van der Waals surface area (Å²) >= 11 is 0. The van der Waals surface area contributed by atoms with Gasteiger partial charge in [-0.2, -0.15) is 0 Å². The maximum Gasteiger partial charge on any atom is 0.255 e. The molecule has 0 aliphatic carbocycles. The predicted octanol–water partition coefficient (Wildman–Crippen LogP) is 1.28. The van der Waals surface area contributed by atoms with E-state index in [-0.39, 0.29) is 31.0 Å². The molecule has 1 aliphatic rings. The quantitative estimate of drug-likeness (QED) is 0.558. The SMILES string of the molecule is C[C@@H]1NC(=O)C[C@@H](C(=O)NCCCc2ccccc2)NC(=O)c2ccccc2OCCN(C)C1=O. The molecule has 0 bridgehead atoms. The van der Waals surface area contributed by atoms with E-state index in [0.29, 0.717) is 18.7 Å². The third-order valence-electron chi connectivity index (χ3n) is 5.74. The van der Waals surface area contributed by atoms with Crippen molar-refractivity contribution in [1.29, 1.82) is 0 Å². The first kappa shape index (κ1) is 25.7. The van der Waals surface area contributed by atoms with E-state index in [1.807, 2.05) is 30.3 Å². The molecule has 9 nitrogen and oxygen atoms in total. The number of ether oxygens (including phenoxy) is 1. The van der Waals surface area contributed by atoms with Crippen molar-refractivity contribution < 1.29 is 23.9 Å². The number of rotatable bonds is 5. The number of para-hydroxylation sites is 1. The first-order valence-corrected chi connectivity index (χ1v) is 11.7. The maximum atomic E-state index is 13.0. The normalized spacial score (nSPS) is 19.5. The van der Waals surface area contributed by atoms with Gasteiger partial charge in [0.2, 0.25) is 17.7 Å². The first-order chi connectivity index (χ1) is 16.8. The number of carbonyl (C=O) groups excluding carboxylic acids is 4. The number of likely N-dealkylation sites (N-methyl/N-ethyl adjacent to an activating group) is 1. The van der Waals surface area contributed by atoms with Gasteiger partial charge in [0.1, 0.15) is 24.4 Å². The Labute approximate surface area is 205 Å². The van der Waals surface area contributed by atoms with Crippen molar-refractivity contribution in [1.82, 2.24) is 20.9 Å². The summed E-state index contributed by atoms with van der Waals surface area (Å²) in [5.74, 6) is -1.44. The average Bonchev–Trinajstić information content (AvgIpc) is 2.85. The smallest absolute Gasteiger partial charge is 0.255 e. The molecule has 2 aromatic rings. The molecule has 35 heavy (non-hydrogen) atoms. The second kappa shape index (κ2) is 12.5. The van der Waals surface area contributed by atoms with Crippen LogP contribution in [0.4, 0.5) is 0 Å². The molecule has 2 atom stereocenters. The van der Waals surface area contributed by atoms with Crippen LogP contribution in [-0.2, 0) is 20.8 Å². The number of carbonyl (C=O) groups is 4. The van der Waals surface area contributed by atoms with Crippen molar-refractivity contribution >= 4 is 23.6 Å². The fourth-order valence-electron chi connectivity index (χ4n) is 3.78. The molecular formula is C26H32N4O5. The molecular weight excluding hydrogens is 448 g/mol. The standard InChI is InChI=1S/C26H32N4O5/c1-18-26(34)30(2)15-16-35-22-13-7-6-12-20(22)24(32)29-21(17-23(31)28-18)25(33)27-14-8-11-19-9-4-3-5-10-19/h3-7,9-10,12-13,18,21H,8,11,14-17H2,1-2H3,(H,27,33)(H,28,31)(H,29,32)/t18-,21-/m0/s1. The molecule has 0 saturated heterocycles. The van der Waals surface area contributed by atoms with Crippen molar-refractivity contribution in [3.63, 3.8) is 0 Å². The number of hydrogen-bond acceptors (Lipinski definition) is 5. The van der Waals surface area contributed by atoms with Gasteiger partial charge < -0.3 is 25.6 Å². The fourth-order valence-corrected chi connectivity index (χ4v) is 3.78. The van der Waals surface area contributed by atoms with Crippen LogP contribution in [0.5, 0.6) is 5.75 Å². The van der Waals surface area contributed by atoms with E-state index in [1.165, 1.54) is 4.90 Å². The van der Waals surface area contributed by atoms with Gasteiger partial charge in [0.25, 0.3) is 5.91 Å². The highest BCUT2D eigenvalue weighted by atomic mass is 16.5. The molecule has 3 rings (SSSR count). The zero-order chi connectivity index (χ0) is 25.2. The highest BCUT2D eigenvalue weighted by Crippen LogP contribution is 2.18.